The van der Waals surface area contributed by atoms with Crippen LogP contribution in [0.4, 0.5) is 0 Å². The molecule has 0 aliphatic carbocycles. The van der Waals surface area contributed by atoms with Crippen LogP contribution in [0.2, 0.25) is 0 Å². The second-order valence-corrected chi connectivity index (χ2v) is 4.94. The molecule has 0 N–H and O–H groups in total. The second kappa shape index (κ2) is 3.84. The van der Waals surface area contributed by atoms with Gasteiger partial charge in [0, 0.05) is 10.6 Å². The molecule has 2 aromatic carbocycles. The fraction of sp³-hybridized carbons (Fsp3) is 0.0667. The van der Waals surface area contributed by atoms with Crippen LogP contribution >= 0.6 is 11.8 Å². The lowest BCUT2D eigenvalue weighted by molar-refractivity contribution is 1.39. The molecule has 0 amide bonds. The van der Waals surface area contributed by atoms with E-state index >= 15 is 0 Å². The van der Waals surface area contributed by atoms with Crippen molar-refractivity contribution in [2.24, 2.45) is 0 Å². The van der Waals surface area contributed by atoms with E-state index in [1.165, 1.54) is 21.6 Å². The van der Waals surface area contributed by atoms with Gasteiger partial charge in [0.15, 0.2) is 0 Å². The summed E-state index contributed by atoms with van der Waals surface area (Å²) >= 11 is 1.90. The molecule has 0 saturated carbocycles. The van der Waals surface area contributed by atoms with E-state index in [1.807, 2.05) is 11.8 Å². The minimum Gasteiger partial charge on any atom is -0.121 e. The van der Waals surface area contributed by atoms with Gasteiger partial charge in [0.1, 0.15) is 0 Å². The highest BCUT2D eigenvalue weighted by molar-refractivity contribution is 7.98. The maximum absolute atomic E-state index is 4.24. The van der Waals surface area contributed by atoms with E-state index < -0.39 is 0 Å². The molecule has 1 aliphatic heterocycles. The van der Waals surface area contributed by atoms with Gasteiger partial charge in [0.2, 0.25) is 0 Å². The van der Waals surface area contributed by atoms with Crippen molar-refractivity contribution in [3.05, 3.63) is 71.8 Å². The summed E-state index contributed by atoms with van der Waals surface area (Å²) in [7, 11) is 0. The molecule has 1 heteroatoms. The molecule has 2 aromatic rings. The van der Waals surface area contributed by atoms with Crippen LogP contribution in [-0.4, -0.2) is 0 Å². The standard InChI is InChI=1S/C15H12S/c1-11-13-7-3-2-6-12(13)10-16-15-9-5-4-8-14(11)15/h2-9H,1,10H2. The van der Waals surface area contributed by atoms with Crippen molar-refractivity contribution in [1.82, 2.24) is 0 Å². The molecule has 0 fully saturated rings. The third-order valence-electron chi connectivity index (χ3n) is 2.94. The zero-order valence-electron chi connectivity index (χ0n) is 8.94. The van der Waals surface area contributed by atoms with E-state index in [2.05, 4.69) is 55.1 Å². The highest BCUT2D eigenvalue weighted by atomic mass is 32.2. The molecule has 3 rings (SSSR count). The van der Waals surface area contributed by atoms with Gasteiger partial charge >= 0.3 is 0 Å². The SMILES string of the molecule is C=C1c2ccccc2CSc2ccccc21. The molecule has 0 saturated heterocycles. The number of hydrogen-bond acceptors (Lipinski definition) is 1. The number of rotatable bonds is 0. The van der Waals surface area contributed by atoms with Gasteiger partial charge in [-0.15, -0.1) is 11.8 Å². The Bertz CT molecular complexity index is 505. The first kappa shape index (κ1) is 9.73. The van der Waals surface area contributed by atoms with Gasteiger partial charge in [-0.2, -0.15) is 0 Å². The first-order chi connectivity index (χ1) is 7.86. The molecule has 0 bridgehead atoms. The summed E-state index contributed by atoms with van der Waals surface area (Å²) in [5.74, 6) is 1.03. The molecule has 0 atom stereocenters. The van der Waals surface area contributed by atoms with Gasteiger partial charge in [-0.3, -0.25) is 0 Å². The first-order valence-corrected chi connectivity index (χ1v) is 6.34. The summed E-state index contributed by atoms with van der Waals surface area (Å²) in [6.07, 6.45) is 0. The van der Waals surface area contributed by atoms with E-state index in [0.717, 1.165) is 11.3 Å². The minimum absolute atomic E-state index is 1.03. The summed E-state index contributed by atoms with van der Waals surface area (Å²) in [6, 6.07) is 17.1. The average molecular weight is 224 g/mol. The van der Waals surface area contributed by atoms with E-state index in [1.54, 1.807) is 0 Å². The van der Waals surface area contributed by atoms with Crippen molar-refractivity contribution in [1.29, 1.82) is 0 Å². The molecular formula is C15H12S. The van der Waals surface area contributed by atoms with Crippen LogP contribution < -0.4 is 0 Å². The predicted molar refractivity (Wildman–Crippen MR) is 70.6 cm³/mol. The first-order valence-electron chi connectivity index (χ1n) is 5.35. The third kappa shape index (κ3) is 1.48. The minimum atomic E-state index is 1.03. The van der Waals surface area contributed by atoms with Gasteiger partial charge in [-0.25, -0.2) is 0 Å². The van der Waals surface area contributed by atoms with E-state index in [0.29, 0.717) is 0 Å². The predicted octanol–water partition coefficient (Wildman–Crippen LogP) is 4.35. The van der Waals surface area contributed by atoms with Crippen molar-refractivity contribution >= 4 is 17.3 Å². The number of fused-ring (bicyclic) bond motifs is 2. The van der Waals surface area contributed by atoms with Crippen molar-refractivity contribution in [3.63, 3.8) is 0 Å². The average Bonchev–Trinajstić information content (AvgIpc) is 2.49. The molecular weight excluding hydrogens is 212 g/mol. The molecule has 0 spiro atoms. The summed E-state index contributed by atoms with van der Waals surface area (Å²) in [5.41, 5.74) is 5.10. The Balaban J connectivity index is 2.22. The molecule has 16 heavy (non-hydrogen) atoms. The lowest BCUT2D eigenvalue weighted by Crippen LogP contribution is -1.89. The summed E-state index contributed by atoms with van der Waals surface area (Å²) in [5, 5.41) is 0. The maximum Gasteiger partial charge on any atom is 0.0238 e. The van der Waals surface area contributed by atoms with Crippen LogP contribution in [-0.2, 0) is 5.75 Å². The van der Waals surface area contributed by atoms with E-state index in [4.69, 9.17) is 0 Å². The van der Waals surface area contributed by atoms with Crippen LogP contribution in [0.5, 0.6) is 0 Å². The largest absolute Gasteiger partial charge is 0.121 e. The third-order valence-corrected chi connectivity index (χ3v) is 4.06. The number of thioether (sulfide) groups is 1. The molecule has 0 radical (unpaired) electrons. The molecule has 0 unspecified atom stereocenters. The Morgan fingerprint density at radius 3 is 2.44 bits per heavy atom. The monoisotopic (exact) mass is 224 g/mol. The van der Waals surface area contributed by atoms with Crippen LogP contribution in [0.25, 0.3) is 5.57 Å². The van der Waals surface area contributed by atoms with Crippen molar-refractivity contribution in [2.45, 2.75) is 10.6 Å². The van der Waals surface area contributed by atoms with E-state index in [9.17, 15) is 0 Å². The summed E-state index contributed by atoms with van der Waals surface area (Å²) < 4.78 is 0. The van der Waals surface area contributed by atoms with Gasteiger partial charge < -0.3 is 0 Å². The van der Waals surface area contributed by atoms with Gasteiger partial charge in [0.05, 0.1) is 0 Å². The normalized spacial score (nSPS) is 13.9. The Labute approximate surface area is 100 Å². The Hall–Kier alpha value is -1.47. The maximum atomic E-state index is 4.24. The van der Waals surface area contributed by atoms with Crippen LogP contribution in [0.15, 0.2) is 60.0 Å². The lowest BCUT2D eigenvalue weighted by Gasteiger charge is -2.08. The van der Waals surface area contributed by atoms with Crippen molar-refractivity contribution in [3.8, 4) is 0 Å². The summed E-state index contributed by atoms with van der Waals surface area (Å²) in [4.78, 5) is 1.34. The highest BCUT2D eigenvalue weighted by Gasteiger charge is 2.15. The molecule has 1 heterocycles. The molecule has 1 aliphatic rings. The quantitative estimate of drug-likeness (QED) is 0.641. The van der Waals surface area contributed by atoms with Gasteiger partial charge in [-0.1, -0.05) is 49.0 Å². The van der Waals surface area contributed by atoms with Crippen molar-refractivity contribution in [2.75, 3.05) is 0 Å². The zero-order valence-corrected chi connectivity index (χ0v) is 9.76. The lowest BCUT2D eigenvalue weighted by atomic mass is 9.96. The van der Waals surface area contributed by atoms with Gasteiger partial charge in [-0.05, 0) is 28.3 Å². The van der Waals surface area contributed by atoms with Crippen LogP contribution in [0.3, 0.4) is 0 Å². The smallest absolute Gasteiger partial charge is 0.0238 e. The second-order valence-electron chi connectivity index (χ2n) is 3.92. The fourth-order valence-electron chi connectivity index (χ4n) is 2.08. The Kier molecular flexibility index (Phi) is 2.33. The highest BCUT2D eigenvalue weighted by Crippen LogP contribution is 2.38. The van der Waals surface area contributed by atoms with Crippen molar-refractivity contribution < 1.29 is 0 Å². The van der Waals surface area contributed by atoms with Crippen LogP contribution in [0, 0.1) is 0 Å². The van der Waals surface area contributed by atoms with Gasteiger partial charge in [0.25, 0.3) is 0 Å². The molecule has 78 valence electrons. The molecule has 0 aromatic heterocycles. The number of hydrogen-bond donors (Lipinski definition) is 0. The van der Waals surface area contributed by atoms with E-state index in [-0.39, 0.29) is 0 Å². The fourth-order valence-corrected chi connectivity index (χ4v) is 3.17. The Morgan fingerprint density at radius 1 is 0.875 bits per heavy atom. The Morgan fingerprint density at radius 2 is 1.56 bits per heavy atom. The van der Waals surface area contributed by atoms with Crippen LogP contribution in [0.1, 0.15) is 16.7 Å². The number of benzene rings is 2. The topological polar surface area (TPSA) is 0 Å². The summed E-state index contributed by atoms with van der Waals surface area (Å²) in [6.45, 7) is 4.24. The molecule has 0 nitrogen and oxygen atoms in total. The zero-order chi connectivity index (χ0) is 11.0.